The molecule has 0 spiro atoms. The van der Waals surface area contributed by atoms with Crippen LogP contribution < -0.4 is 5.32 Å². The molecule has 0 saturated carbocycles. The number of hydrogen-bond acceptors (Lipinski definition) is 2. The smallest absolute Gasteiger partial charge is 0.0208 e. The average Bonchev–Trinajstić information content (AvgIpc) is 2.33. The quantitative estimate of drug-likeness (QED) is 0.858. The van der Waals surface area contributed by atoms with Crippen molar-refractivity contribution >= 4 is 11.8 Å². The molecule has 1 unspecified atom stereocenters. The first kappa shape index (κ1) is 12.0. The van der Waals surface area contributed by atoms with Crippen LogP contribution in [0.25, 0.3) is 0 Å². The van der Waals surface area contributed by atoms with Gasteiger partial charge in [-0.2, -0.15) is 11.8 Å². The second-order valence-electron chi connectivity index (χ2n) is 4.55. The van der Waals surface area contributed by atoms with Gasteiger partial charge in [-0.05, 0) is 36.6 Å². The summed E-state index contributed by atoms with van der Waals surface area (Å²) in [5.41, 5.74) is 2.83. The molecule has 1 aromatic carbocycles. The Morgan fingerprint density at radius 2 is 2.19 bits per heavy atom. The van der Waals surface area contributed by atoms with Crippen LogP contribution in [0, 0.1) is 6.92 Å². The standard InChI is InChI=1S/C14H21NS/c1-12-6-2-3-7-13(12)10-15-11-14-8-4-5-9-16-14/h2-3,6-7,14-15H,4-5,8-11H2,1H3. The van der Waals surface area contributed by atoms with E-state index in [1.807, 2.05) is 0 Å². The highest BCUT2D eigenvalue weighted by Gasteiger charge is 2.12. The van der Waals surface area contributed by atoms with Crippen LogP contribution in [0.1, 0.15) is 30.4 Å². The van der Waals surface area contributed by atoms with Gasteiger partial charge < -0.3 is 5.32 Å². The number of aryl methyl sites for hydroxylation is 1. The molecule has 1 aromatic rings. The molecular weight excluding hydrogens is 214 g/mol. The van der Waals surface area contributed by atoms with E-state index in [-0.39, 0.29) is 0 Å². The van der Waals surface area contributed by atoms with Crippen LogP contribution in [0.5, 0.6) is 0 Å². The largest absolute Gasteiger partial charge is 0.312 e. The molecule has 1 nitrogen and oxygen atoms in total. The lowest BCUT2D eigenvalue weighted by Crippen LogP contribution is -2.26. The molecule has 0 radical (unpaired) electrons. The van der Waals surface area contributed by atoms with Crippen molar-refractivity contribution in [2.75, 3.05) is 12.3 Å². The highest BCUT2D eigenvalue weighted by atomic mass is 32.2. The molecule has 2 rings (SSSR count). The fourth-order valence-electron chi connectivity index (χ4n) is 2.14. The molecule has 1 saturated heterocycles. The molecule has 1 fully saturated rings. The monoisotopic (exact) mass is 235 g/mol. The van der Waals surface area contributed by atoms with Gasteiger partial charge in [0, 0.05) is 18.3 Å². The summed E-state index contributed by atoms with van der Waals surface area (Å²) in [4.78, 5) is 0. The van der Waals surface area contributed by atoms with Gasteiger partial charge in [0.2, 0.25) is 0 Å². The maximum atomic E-state index is 3.59. The van der Waals surface area contributed by atoms with E-state index in [4.69, 9.17) is 0 Å². The number of benzene rings is 1. The van der Waals surface area contributed by atoms with Crippen molar-refractivity contribution in [3.8, 4) is 0 Å². The highest BCUT2D eigenvalue weighted by Crippen LogP contribution is 2.24. The van der Waals surface area contributed by atoms with Gasteiger partial charge in [-0.3, -0.25) is 0 Å². The Bertz CT molecular complexity index is 318. The number of thioether (sulfide) groups is 1. The molecule has 2 heteroatoms. The Morgan fingerprint density at radius 1 is 1.31 bits per heavy atom. The lowest BCUT2D eigenvalue weighted by molar-refractivity contribution is 0.597. The van der Waals surface area contributed by atoms with Gasteiger partial charge in [0.25, 0.3) is 0 Å². The Kier molecular flexibility index (Phi) is 4.73. The Labute approximate surface area is 103 Å². The van der Waals surface area contributed by atoms with E-state index in [1.165, 1.54) is 42.7 Å². The minimum absolute atomic E-state index is 0.845. The van der Waals surface area contributed by atoms with E-state index >= 15 is 0 Å². The van der Waals surface area contributed by atoms with Gasteiger partial charge >= 0.3 is 0 Å². The summed E-state index contributed by atoms with van der Waals surface area (Å²) in [6.45, 7) is 4.37. The minimum Gasteiger partial charge on any atom is -0.312 e. The van der Waals surface area contributed by atoms with Crippen LogP contribution >= 0.6 is 11.8 Å². The molecular formula is C14H21NS. The Hall–Kier alpha value is -0.470. The van der Waals surface area contributed by atoms with Crippen molar-refractivity contribution < 1.29 is 0 Å². The average molecular weight is 235 g/mol. The number of nitrogens with one attached hydrogen (secondary N) is 1. The molecule has 1 atom stereocenters. The van der Waals surface area contributed by atoms with Gasteiger partial charge in [0.05, 0.1) is 0 Å². The van der Waals surface area contributed by atoms with Gasteiger partial charge in [-0.25, -0.2) is 0 Å². The number of rotatable bonds is 4. The first-order valence-electron chi connectivity index (χ1n) is 6.23. The first-order valence-corrected chi connectivity index (χ1v) is 7.28. The van der Waals surface area contributed by atoms with Crippen LogP contribution in [0.4, 0.5) is 0 Å². The highest BCUT2D eigenvalue weighted by molar-refractivity contribution is 7.99. The second-order valence-corrected chi connectivity index (χ2v) is 5.95. The zero-order valence-electron chi connectivity index (χ0n) is 10.0. The van der Waals surface area contributed by atoms with Crippen LogP contribution in [-0.4, -0.2) is 17.5 Å². The topological polar surface area (TPSA) is 12.0 Å². The van der Waals surface area contributed by atoms with Crippen LogP contribution in [-0.2, 0) is 6.54 Å². The predicted octanol–water partition coefficient (Wildman–Crippen LogP) is 3.37. The van der Waals surface area contributed by atoms with Crippen molar-refractivity contribution in [3.05, 3.63) is 35.4 Å². The van der Waals surface area contributed by atoms with Gasteiger partial charge in [-0.15, -0.1) is 0 Å². The molecule has 1 N–H and O–H groups in total. The van der Waals surface area contributed by atoms with Crippen molar-refractivity contribution in [1.82, 2.24) is 5.32 Å². The molecule has 16 heavy (non-hydrogen) atoms. The minimum atomic E-state index is 0.845. The molecule has 1 heterocycles. The predicted molar refractivity (Wildman–Crippen MR) is 73.0 cm³/mol. The Balaban J connectivity index is 1.73. The summed E-state index contributed by atoms with van der Waals surface area (Å²) in [5, 5.41) is 4.44. The normalized spacial score (nSPS) is 20.9. The van der Waals surface area contributed by atoms with Crippen LogP contribution in [0.2, 0.25) is 0 Å². The summed E-state index contributed by atoms with van der Waals surface area (Å²) in [5.74, 6) is 1.36. The fraction of sp³-hybridized carbons (Fsp3) is 0.571. The third-order valence-corrected chi connectivity index (χ3v) is 4.62. The summed E-state index contributed by atoms with van der Waals surface area (Å²) >= 11 is 2.14. The Morgan fingerprint density at radius 3 is 2.94 bits per heavy atom. The summed E-state index contributed by atoms with van der Waals surface area (Å²) in [7, 11) is 0. The van der Waals surface area contributed by atoms with Gasteiger partial charge in [-0.1, -0.05) is 30.7 Å². The van der Waals surface area contributed by atoms with Crippen molar-refractivity contribution in [1.29, 1.82) is 0 Å². The molecule has 0 aliphatic carbocycles. The van der Waals surface area contributed by atoms with Gasteiger partial charge in [0.15, 0.2) is 0 Å². The number of hydrogen-bond donors (Lipinski definition) is 1. The SMILES string of the molecule is Cc1ccccc1CNCC1CCCCS1. The van der Waals surface area contributed by atoms with E-state index in [0.29, 0.717) is 0 Å². The summed E-state index contributed by atoms with van der Waals surface area (Å²) < 4.78 is 0. The maximum Gasteiger partial charge on any atom is 0.0208 e. The molecule has 1 aliphatic rings. The van der Waals surface area contributed by atoms with E-state index in [2.05, 4.69) is 48.3 Å². The molecule has 88 valence electrons. The van der Waals surface area contributed by atoms with Crippen molar-refractivity contribution in [2.24, 2.45) is 0 Å². The van der Waals surface area contributed by atoms with E-state index in [0.717, 1.165) is 11.8 Å². The van der Waals surface area contributed by atoms with Crippen molar-refractivity contribution in [2.45, 2.75) is 38.0 Å². The summed E-state index contributed by atoms with van der Waals surface area (Å²) in [6.07, 6.45) is 4.23. The van der Waals surface area contributed by atoms with E-state index in [1.54, 1.807) is 0 Å². The third-order valence-electron chi connectivity index (χ3n) is 3.22. The van der Waals surface area contributed by atoms with Crippen LogP contribution in [0.3, 0.4) is 0 Å². The fourth-order valence-corrected chi connectivity index (χ4v) is 3.42. The molecule has 0 aromatic heterocycles. The van der Waals surface area contributed by atoms with E-state index in [9.17, 15) is 0 Å². The third kappa shape index (κ3) is 3.53. The summed E-state index contributed by atoms with van der Waals surface area (Å²) in [6, 6.07) is 8.64. The first-order chi connectivity index (χ1) is 7.86. The lowest BCUT2D eigenvalue weighted by Gasteiger charge is -2.21. The van der Waals surface area contributed by atoms with Crippen LogP contribution in [0.15, 0.2) is 24.3 Å². The zero-order valence-corrected chi connectivity index (χ0v) is 10.9. The van der Waals surface area contributed by atoms with E-state index < -0.39 is 0 Å². The second kappa shape index (κ2) is 6.31. The molecule has 0 amide bonds. The lowest BCUT2D eigenvalue weighted by atomic mass is 10.1. The molecule has 0 bridgehead atoms. The maximum absolute atomic E-state index is 3.59. The van der Waals surface area contributed by atoms with Gasteiger partial charge in [0.1, 0.15) is 0 Å². The zero-order chi connectivity index (χ0) is 11.2. The van der Waals surface area contributed by atoms with Crippen molar-refractivity contribution in [3.63, 3.8) is 0 Å². The molecule has 1 aliphatic heterocycles.